The van der Waals surface area contributed by atoms with Crippen LogP contribution in [0.25, 0.3) is 22.3 Å². The average molecular weight is 419 g/mol. The molecule has 164 valence electrons. The number of para-hydroxylation sites is 1. The molecule has 1 aliphatic carbocycles. The van der Waals surface area contributed by atoms with Gasteiger partial charge in [0.25, 0.3) is 0 Å². The highest BCUT2D eigenvalue weighted by molar-refractivity contribution is 5.81. The first kappa shape index (κ1) is 20.6. The zero-order valence-electron chi connectivity index (χ0n) is 18.8. The van der Waals surface area contributed by atoms with Crippen molar-refractivity contribution in [2.24, 2.45) is 11.7 Å². The van der Waals surface area contributed by atoms with E-state index in [2.05, 4.69) is 47.9 Å². The van der Waals surface area contributed by atoms with Gasteiger partial charge in [-0.05, 0) is 95.6 Å². The van der Waals surface area contributed by atoms with Crippen molar-refractivity contribution in [1.82, 2.24) is 24.6 Å². The molecule has 1 saturated heterocycles. The van der Waals surface area contributed by atoms with E-state index in [4.69, 9.17) is 20.8 Å². The van der Waals surface area contributed by atoms with Gasteiger partial charge in [-0.15, -0.1) is 0 Å². The zero-order valence-corrected chi connectivity index (χ0v) is 18.8. The van der Waals surface area contributed by atoms with Crippen molar-refractivity contribution in [3.8, 4) is 11.3 Å². The molecule has 1 aliphatic heterocycles. The Balaban J connectivity index is 1.37. The molecule has 3 heterocycles. The number of piperidine rings is 1. The maximum Gasteiger partial charge on any atom is 0.0927 e. The first-order valence-electron chi connectivity index (χ1n) is 11.8. The molecule has 0 bridgehead atoms. The molecule has 31 heavy (non-hydrogen) atoms. The van der Waals surface area contributed by atoms with E-state index >= 15 is 0 Å². The van der Waals surface area contributed by atoms with E-state index in [1.54, 1.807) is 0 Å². The molecule has 0 spiro atoms. The molecule has 2 N–H and O–H groups in total. The number of hydrogen-bond acceptors (Lipinski definition) is 5. The minimum atomic E-state index is 0.514. The van der Waals surface area contributed by atoms with Crippen molar-refractivity contribution in [2.75, 3.05) is 26.7 Å². The minimum Gasteiger partial charge on any atom is -0.330 e. The highest BCUT2D eigenvalue weighted by atomic mass is 15.3. The van der Waals surface area contributed by atoms with Gasteiger partial charge >= 0.3 is 0 Å². The van der Waals surface area contributed by atoms with Gasteiger partial charge in [0.1, 0.15) is 0 Å². The van der Waals surface area contributed by atoms with Gasteiger partial charge < -0.3 is 10.6 Å². The van der Waals surface area contributed by atoms with Crippen LogP contribution in [0.5, 0.6) is 0 Å². The lowest BCUT2D eigenvalue weighted by molar-refractivity contribution is 0.171. The fourth-order valence-corrected chi connectivity index (χ4v) is 5.32. The van der Waals surface area contributed by atoms with Crippen molar-refractivity contribution in [1.29, 1.82) is 0 Å². The summed E-state index contributed by atoms with van der Waals surface area (Å²) in [6, 6.07) is 6.99. The maximum absolute atomic E-state index is 5.65. The molecular formula is C25H34N6. The highest BCUT2D eigenvalue weighted by Gasteiger charge is 2.31. The molecule has 2 aliphatic rings. The van der Waals surface area contributed by atoms with Crippen LogP contribution >= 0.6 is 0 Å². The number of benzene rings is 1. The zero-order chi connectivity index (χ0) is 21.4. The molecular weight excluding hydrogens is 384 g/mol. The monoisotopic (exact) mass is 418 g/mol. The predicted molar refractivity (Wildman–Crippen MR) is 125 cm³/mol. The van der Waals surface area contributed by atoms with Crippen LogP contribution in [0.2, 0.25) is 0 Å². The van der Waals surface area contributed by atoms with Crippen molar-refractivity contribution < 1.29 is 0 Å². The van der Waals surface area contributed by atoms with Crippen molar-refractivity contribution >= 4 is 11.0 Å². The van der Waals surface area contributed by atoms with E-state index in [1.165, 1.54) is 37.7 Å². The smallest absolute Gasteiger partial charge is 0.0927 e. The maximum atomic E-state index is 5.65. The number of fused-ring (bicyclic) bond motifs is 1. The Morgan fingerprint density at radius 1 is 1.16 bits per heavy atom. The topological polar surface area (TPSA) is 72.9 Å². The van der Waals surface area contributed by atoms with Gasteiger partial charge in [0, 0.05) is 11.8 Å². The second-order valence-corrected chi connectivity index (χ2v) is 9.58. The van der Waals surface area contributed by atoms with Crippen molar-refractivity contribution in [2.45, 2.75) is 57.4 Å². The normalized spacial score (nSPS) is 22.7. The molecule has 2 fully saturated rings. The van der Waals surface area contributed by atoms with Gasteiger partial charge in [-0.1, -0.05) is 12.1 Å². The Bertz CT molecular complexity index is 1040. The Kier molecular flexibility index (Phi) is 5.76. The lowest BCUT2D eigenvalue weighted by Gasteiger charge is -2.35. The first-order chi connectivity index (χ1) is 15.1. The lowest BCUT2D eigenvalue weighted by atomic mass is 9.77. The van der Waals surface area contributed by atoms with Crippen LogP contribution in [-0.2, 0) is 0 Å². The third-order valence-electron chi connectivity index (χ3n) is 7.36. The predicted octanol–water partition coefficient (Wildman–Crippen LogP) is 4.30. The summed E-state index contributed by atoms with van der Waals surface area (Å²) in [7, 11) is 2.21. The van der Waals surface area contributed by atoms with Crippen LogP contribution in [0.1, 0.15) is 61.7 Å². The second-order valence-electron chi connectivity index (χ2n) is 9.58. The number of rotatable bonds is 6. The number of nitrogens with zero attached hydrogens (tertiary/aromatic N) is 5. The summed E-state index contributed by atoms with van der Waals surface area (Å²) in [6.07, 6.45) is 11.3. The molecule has 0 atom stereocenters. The van der Waals surface area contributed by atoms with E-state index in [9.17, 15) is 0 Å². The highest BCUT2D eigenvalue weighted by Crippen LogP contribution is 2.41. The van der Waals surface area contributed by atoms with Crippen molar-refractivity contribution in [3.05, 3.63) is 41.9 Å². The number of aromatic nitrogens is 4. The molecule has 0 unspecified atom stereocenters. The molecule has 5 rings (SSSR count). The van der Waals surface area contributed by atoms with E-state index in [0.717, 1.165) is 60.0 Å². The summed E-state index contributed by atoms with van der Waals surface area (Å²) in [4.78, 5) is 12.3. The fourth-order valence-electron chi connectivity index (χ4n) is 5.32. The summed E-state index contributed by atoms with van der Waals surface area (Å²) in [5, 5.41) is 4.82. The molecule has 2 aromatic heterocycles. The van der Waals surface area contributed by atoms with E-state index in [0.29, 0.717) is 12.0 Å². The number of aryl methyl sites for hydroxylation is 1. The van der Waals surface area contributed by atoms with Gasteiger partial charge in [0.2, 0.25) is 0 Å². The van der Waals surface area contributed by atoms with Crippen LogP contribution in [0.15, 0.2) is 30.6 Å². The van der Waals surface area contributed by atoms with Gasteiger partial charge in [0.05, 0.1) is 34.7 Å². The molecule has 0 radical (unpaired) electrons. The van der Waals surface area contributed by atoms with Crippen LogP contribution in [0.3, 0.4) is 0 Å². The largest absolute Gasteiger partial charge is 0.330 e. The fraction of sp³-hybridized carbons (Fsp3) is 0.560. The summed E-state index contributed by atoms with van der Waals surface area (Å²) in [5.74, 6) is 1.38. The first-order valence-corrected chi connectivity index (χ1v) is 11.8. The Hall–Kier alpha value is -2.31. The average Bonchev–Trinajstić information content (AvgIpc) is 3.13. The Labute approximate surface area is 184 Å². The lowest BCUT2D eigenvalue weighted by Crippen LogP contribution is -2.29. The third kappa shape index (κ3) is 4.11. The number of nitrogens with two attached hydrogens (primary N) is 1. The quantitative estimate of drug-likeness (QED) is 0.646. The summed E-state index contributed by atoms with van der Waals surface area (Å²) < 4.78 is 2.16. The molecule has 1 saturated carbocycles. The summed E-state index contributed by atoms with van der Waals surface area (Å²) in [6.45, 7) is 5.18. The molecule has 1 aromatic carbocycles. The van der Waals surface area contributed by atoms with Crippen LogP contribution < -0.4 is 5.73 Å². The van der Waals surface area contributed by atoms with Gasteiger partial charge in [-0.2, -0.15) is 5.10 Å². The number of likely N-dealkylation sites (tertiary alicyclic amines) is 1. The molecule has 3 aromatic rings. The minimum absolute atomic E-state index is 0.514. The van der Waals surface area contributed by atoms with Crippen LogP contribution in [0, 0.1) is 12.8 Å². The standard InChI is InChI=1S/C25H34N6/c1-17-22(16-31(29-17)20-13-18(14-20)5-4-10-26)24-15-27-25-21(6-3-7-23(25)28-24)19-8-11-30(2)12-9-19/h3,6-7,15-16,18-20H,4-5,8-14,26H2,1-2H3. The van der Waals surface area contributed by atoms with Gasteiger partial charge in [-0.3, -0.25) is 9.67 Å². The summed E-state index contributed by atoms with van der Waals surface area (Å²) >= 11 is 0. The van der Waals surface area contributed by atoms with Gasteiger partial charge in [0.15, 0.2) is 0 Å². The van der Waals surface area contributed by atoms with Crippen LogP contribution in [-0.4, -0.2) is 51.3 Å². The molecule has 6 heteroatoms. The molecule has 0 amide bonds. The summed E-state index contributed by atoms with van der Waals surface area (Å²) in [5.41, 5.74) is 12.1. The van der Waals surface area contributed by atoms with Gasteiger partial charge in [-0.25, -0.2) is 4.98 Å². The third-order valence-corrected chi connectivity index (χ3v) is 7.36. The van der Waals surface area contributed by atoms with E-state index in [-0.39, 0.29) is 0 Å². The SMILES string of the molecule is Cc1nn(C2CC(CCCN)C2)cc1-c1cnc2c(C3CCN(C)CC3)cccc2n1. The number of hydrogen-bond donors (Lipinski definition) is 1. The van der Waals surface area contributed by atoms with Crippen molar-refractivity contribution in [3.63, 3.8) is 0 Å². The Morgan fingerprint density at radius 3 is 2.74 bits per heavy atom. The van der Waals surface area contributed by atoms with E-state index < -0.39 is 0 Å². The Morgan fingerprint density at radius 2 is 1.97 bits per heavy atom. The van der Waals surface area contributed by atoms with E-state index in [1.807, 2.05) is 6.20 Å². The molecule has 6 nitrogen and oxygen atoms in total. The van der Waals surface area contributed by atoms with Crippen LogP contribution in [0.4, 0.5) is 0 Å². The second kappa shape index (κ2) is 8.67.